The van der Waals surface area contributed by atoms with Crippen molar-refractivity contribution in [2.75, 3.05) is 58.1 Å². The van der Waals surface area contributed by atoms with E-state index in [-0.39, 0.29) is 30.7 Å². The van der Waals surface area contributed by atoms with Gasteiger partial charge in [0.15, 0.2) is 11.5 Å². The number of piperazine rings is 1. The number of thioether (sulfide) groups is 1. The van der Waals surface area contributed by atoms with Gasteiger partial charge in [0.05, 0.1) is 10.5 Å². The number of halogens is 1. The van der Waals surface area contributed by atoms with Gasteiger partial charge in [-0.05, 0) is 42.3 Å². The number of rotatable bonds is 8. The summed E-state index contributed by atoms with van der Waals surface area (Å²) in [6, 6.07) is 11.5. The summed E-state index contributed by atoms with van der Waals surface area (Å²) in [5, 5.41) is 0. The molecule has 0 saturated carbocycles. The Labute approximate surface area is 253 Å². The number of aromatic nitrogens is 2. The van der Waals surface area contributed by atoms with Gasteiger partial charge in [-0.2, -0.15) is 0 Å². The largest absolute Gasteiger partial charge is 0.454 e. The zero-order valence-electron chi connectivity index (χ0n) is 22.5. The third kappa shape index (κ3) is 6.07. The summed E-state index contributed by atoms with van der Waals surface area (Å²) in [4.78, 5) is 38.3. The number of carbonyl (C=O) groups excluding carboxylic acids is 1. The van der Waals surface area contributed by atoms with E-state index in [1.807, 2.05) is 24.3 Å². The fourth-order valence-electron chi connectivity index (χ4n) is 5.06. The van der Waals surface area contributed by atoms with Crippen molar-refractivity contribution in [3.8, 4) is 11.5 Å². The zero-order chi connectivity index (χ0) is 27.6. The summed E-state index contributed by atoms with van der Waals surface area (Å²) in [5.41, 5.74) is 1.90. The highest BCUT2D eigenvalue weighted by molar-refractivity contribution is 8.26. The fourth-order valence-corrected chi connectivity index (χ4v) is 6.35. The highest BCUT2D eigenvalue weighted by Crippen LogP contribution is 2.35. The van der Waals surface area contributed by atoms with Crippen molar-refractivity contribution in [1.82, 2.24) is 19.2 Å². The van der Waals surface area contributed by atoms with Gasteiger partial charge in [-0.25, -0.2) is 4.98 Å². The van der Waals surface area contributed by atoms with E-state index in [9.17, 15) is 9.59 Å². The molecule has 2 saturated heterocycles. The van der Waals surface area contributed by atoms with E-state index in [1.165, 1.54) is 16.2 Å². The molecule has 0 spiro atoms. The van der Waals surface area contributed by atoms with Gasteiger partial charge < -0.3 is 19.1 Å². The molecule has 3 aliphatic heterocycles. The number of benzene rings is 1. The first-order chi connectivity index (χ1) is 19.5. The molecule has 6 rings (SSSR count). The lowest BCUT2D eigenvalue weighted by Gasteiger charge is -2.36. The Bertz CT molecular complexity index is 1560. The minimum Gasteiger partial charge on any atom is -0.454 e. The van der Waals surface area contributed by atoms with Gasteiger partial charge in [-0.1, -0.05) is 36.1 Å². The van der Waals surface area contributed by atoms with Crippen LogP contribution in [0.25, 0.3) is 11.7 Å². The topological polar surface area (TPSA) is 88.8 Å². The number of pyridine rings is 1. The van der Waals surface area contributed by atoms with Crippen LogP contribution in [0.15, 0.2) is 52.3 Å². The smallest absolute Gasteiger partial charge is 0.267 e. The van der Waals surface area contributed by atoms with Gasteiger partial charge in [-0.15, -0.1) is 12.4 Å². The van der Waals surface area contributed by atoms with Gasteiger partial charge in [0, 0.05) is 59.2 Å². The Morgan fingerprint density at radius 1 is 1.10 bits per heavy atom. The molecule has 2 aromatic heterocycles. The molecule has 41 heavy (non-hydrogen) atoms. The van der Waals surface area contributed by atoms with Crippen LogP contribution in [0, 0.1) is 0 Å². The molecule has 0 atom stereocenters. The number of ether oxygens (including phenoxy) is 3. The highest BCUT2D eigenvalue weighted by atomic mass is 35.5. The highest BCUT2D eigenvalue weighted by Gasteiger charge is 2.33. The Kier molecular flexibility index (Phi) is 9.15. The first-order valence-corrected chi connectivity index (χ1v) is 14.4. The SMILES string of the molecule is COCCCN1C(=O)C(=Cc2c(N3CCN(Cc4ccc5c(c4)OCO5)CC3)nc3ccccn3c2=O)SC1=S.Cl. The van der Waals surface area contributed by atoms with Crippen LogP contribution in [0.2, 0.25) is 0 Å². The summed E-state index contributed by atoms with van der Waals surface area (Å²) in [6.07, 6.45) is 4.04. The predicted molar refractivity (Wildman–Crippen MR) is 165 cm³/mol. The normalized spacial score (nSPS) is 18.0. The van der Waals surface area contributed by atoms with E-state index in [2.05, 4.69) is 15.9 Å². The number of fused-ring (bicyclic) bond motifs is 2. The van der Waals surface area contributed by atoms with Crippen LogP contribution in [0.3, 0.4) is 0 Å². The Balaban J connectivity index is 0.00000337. The molecular weight excluding hydrogens is 586 g/mol. The van der Waals surface area contributed by atoms with Crippen molar-refractivity contribution in [2.45, 2.75) is 13.0 Å². The molecule has 1 aromatic carbocycles. The van der Waals surface area contributed by atoms with Gasteiger partial charge in [0.1, 0.15) is 15.8 Å². The third-order valence-corrected chi connectivity index (χ3v) is 8.52. The summed E-state index contributed by atoms with van der Waals surface area (Å²) in [7, 11) is 1.63. The first-order valence-electron chi connectivity index (χ1n) is 13.1. The lowest BCUT2D eigenvalue weighted by molar-refractivity contribution is -0.122. The maximum atomic E-state index is 13.7. The molecular formula is C28H30ClN5O5S2. The van der Waals surface area contributed by atoms with E-state index in [4.69, 9.17) is 31.4 Å². The molecule has 1 amide bonds. The van der Waals surface area contributed by atoms with Crippen LogP contribution >= 0.6 is 36.4 Å². The predicted octanol–water partition coefficient (Wildman–Crippen LogP) is 3.40. The molecule has 0 N–H and O–H groups in total. The molecule has 0 aliphatic carbocycles. The van der Waals surface area contributed by atoms with Crippen LogP contribution in [0.5, 0.6) is 11.5 Å². The summed E-state index contributed by atoms with van der Waals surface area (Å²) >= 11 is 6.70. The third-order valence-electron chi connectivity index (χ3n) is 7.14. The minimum absolute atomic E-state index is 0. The van der Waals surface area contributed by atoms with E-state index in [0.717, 1.165) is 36.7 Å². The number of thiocarbonyl (C=S) groups is 1. The second-order valence-electron chi connectivity index (χ2n) is 9.71. The second-order valence-corrected chi connectivity index (χ2v) is 11.4. The van der Waals surface area contributed by atoms with E-state index < -0.39 is 0 Å². The zero-order valence-corrected chi connectivity index (χ0v) is 24.9. The molecule has 2 fully saturated rings. The monoisotopic (exact) mass is 615 g/mol. The Morgan fingerprint density at radius 2 is 1.90 bits per heavy atom. The summed E-state index contributed by atoms with van der Waals surface area (Å²) in [6.45, 7) is 5.04. The van der Waals surface area contributed by atoms with Crippen molar-refractivity contribution >= 4 is 64.2 Å². The van der Waals surface area contributed by atoms with Crippen molar-refractivity contribution in [2.24, 2.45) is 0 Å². The lowest BCUT2D eigenvalue weighted by Crippen LogP contribution is -2.47. The van der Waals surface area contributed by atoms with Crippen LogP contribution in [-0.2, 0) is 16.1 Å². The van der Waals surface area contributed by atoms with E-state index in [0.29, 0.717) is 58.9 Å². The van der Waals surface area contributed by atoms with E-state index in [1.54, 1.807) is 30.3 Å². The Morgan fingerprint density at radius 3 is 2.71 bits per heavy atom. The minimum atomic E-state index is -0.215. The van der Waals surface area contributed by atoms with Crippen LogP contribution in [0.1, 0.15) is 17.5 Å². The van der Waals surface area contributed by atoms with Crippen LogP contribution < -0.4 is 19.9 Å². The maximum Gasteiger partial charge on any atom is 0.267 e. The molecule has 10 nitrogen and oxygen atoms in total. The van der Waals surface area contributed by atoms with Crippen molar-refractivity contribution in [1.29, 1.82) is 0 Å². The molecule has 0 bridgehead atoms. The molecule has 216 valence electrons. The molecule has 3 aliphatic rings. The summed E-state index contributed by atoms with van der Waals surface area (Å²) < 4.78 is 18.1. The molecule has 0 radical (unpaired) electrons. The molecule has 3 aromatic rings. The average molecular weight is 616 g/mol. The fraction of sp³-hybridized carbons (Fsp3) is 0.357. The number of amides is 1. The van der Waals surface area contributed by atoms with Crippen LogP contribution in [0.4, 0.5) is 5.82 Å². The van der Waals surface area contributed by atoms with Gasteiger partial charge in [-0.3, -0.25) is 23.8 Å². The number of hydrogen-bond donors (Lipinski definition) is 0. The maximum absolute atomic E-state index is 13.7. The number of nitrogens with zero attached hydrogens (tertiary/aromatic N) is 5. The molecule has 0 unspecified atom stereocenters. The lowest BCUT2D eigenvalue weighted by atomic mass is 10.1. The van der Waals surface area contributed by atoms with Gasteiger partial charge in [0.2, 0.25) is 6.79 Å². The second kappa shape index (κ2) is 12.8. The number of methoxy groups -OCH3 is 1. The van der Waals surface area contributed by atoms with Gasteiger partial charge >= 0.3 is 0 Å². The molecule has 5 heterocycles. The number of anilines is 1. The quantitative estimate of drug-likeness (QED) is 0.213. The number of hydrogen-bond acceptors (Lipinski definition) is 10. The standard InChI is InChI=1S/C28H29N5O5S2.ClH/c1-36-14-4-9-33-27(35)23(40-28(33)39)16-20-25(29-24-5-2-3-8-32(24)26(20)34)31-12-10-30(11-13-31)17-19-6-7-21-22(15-19)38-18-37-21;/h2-3,5-8,15-16H,4,9-14,17-18H2,1H3;1H. The van der Waals surface area contributed by atoms with Crippen molar-refractivity contribution in [3.05, 3.63) is 69.0 Å². The summed E-state index contributed by atoms with van der Waals surface area (Å²) in [5.74, 6) is 1.96. The van der Waals surface area contributed by atoms with Gasteiger partial charge in [0.25, 0.3) is 11.5 Å². The average Bonchev–Trinajstić information content (AvgIpc) is 3.54. The van der Waals surface area contributed by atoms with Crippen molar-refractivity contribution in [3.63, 3.8) is 0 Å². The molecule has 13 heteroatoms. The van der Waals surface area contributed by atoms with Crippen LogP contribution in [-0.4, -0.2) is 82.6 Å². The van der Waals surface area contributed by atoms with E-state index >= 15 is 0 Å². The first kappa shape index (κ1) is 29.3. The number of carbonyl (C=O) groups is 1. The Hall–Kier alpha value is -3.16. The van der Waals surface area contributed by atoms with Crippen molar-refractivity contribution < 1.29 is 19.0 Å².